The zero-order valence-corrected chi connectivity index (χ0v) is 16.0. The molecule has 1 atom stereocenters. The van der Waals surface area contributed by atoms with Crippen molar-refractivity contribution in [3.63, 3.8) is 0 Å². The van der Waals surface area contributed by atoms with Crippen molar-refractivity contribution in [1.82, 2.24) is 24.4 Å². The van der Waals surface area contributed by atoms with Crippen molar-refractivity contribution in [2.75, 3.05) is 13.1 Å². The first-order valence-corrected chi connectivity index (χ1v) is 9.24. The van der Waals surface area contributed by atoms with E-state index in [2.05, 4.69) is 15.0 Å². The Balaban J connectivity index is 1.74. The number of aromatic nitrogens is 4. The van der Waals surface area contributed by atoms with Gasteiger partial charge in [-0.25, -0.2) is 14.4 Å². The lowest BCUT2D eigenvalue weighted by atomic mass is 10.1. The number of nitrogens with zero attached hydrogens (tertiary/aromatic N) is 4. The molecule has 3 aromatic heterocycles. The number of hydrogen-bond donors (Lipinski definition) is 1. The van der Waals surface area contributed by atoms with Gasteiger partial charge < -0.3 is 9.88 Å². The molecule has 158 valence electrons. The lowest BCUT2D eigenvalue weighted by Gasteiger charge is -2.15. The quantitative estimate of drug-likeness (QED) is 0.498. The number of carbonyl (C=O) groups excluding carboxylic acids is 1. The van der Waals surface area contributed by atoms with Crippen LogP contribution >= 0.6 is 11.6 Å². The van der Waals surface area contributed by atoms with Crippen LogP contribution in [0.2, 0.25) is 5.15 Å². The van der Waals surface area contributed by atoms with Gasteiger partial charge in [0, 0.05) is 30.1 Å². The molecule has 0 aromatic carbocycles. The molecule has 12 heteroatoms. The molecule has 1 saturated heterocycles. The van der Waals surface area contributed by atoms with E-state index in [4.69, 9.17) is 11.6 Å². The molecule has 0 spiro atoms. The van der Waals surface area contributed by atoms with E-state index in [1.165, 1.54) is 11.1 Å². The summed E-state index contributed by atoms with van der Waals surface area (Å²) in [4.78, 5) is 37.0. The lowest BCUT2D eigenvalue weighted by Crippen LogP contribution is -2.35. The molecule has 1 aliphatic heterocycles. The number of alkyl halides is 4. The highest BCUT2D eigenvalue weighted by Gasteiger charge is 2.34. The van der Waals surface area contributed by atoms with Crippen molar-refractivity contribution in [1.29, 1.82) is 0 Å². The predicted octanol–water partition coefficient (Wildman–Crippen LogP) is 3.03. The third-order valence-corrected chi connectivity index (χ3v) is 5.21. The number of amides is 1. The van der Waals surface area contributed by atoms with E-state index in [1.807, 2.05) is 0 Å². The average molecular weight is 444 g/mol. The number of fused-ring (bicyclic) bond motifs is 1. The summed E-state index contributed by atoms with van der Waals surface area (Å²) in [5, 5.41) is -0.698. The highest BCUT2D eigenvalue weighted by atomic mass is 35.5. The second-order valence-corrected chi connectivity index (χ2v) is 7.25. The molecule has 30 heavy (non-hydrogen) atoms. The zero-order chi connectivity index (χ0) is 21.6. The topological polar surface area (TPSA) is 83.9 Å². The van der Waals surface area contributed by atoms with Crippen LogP contribution < -0.4 is 5.56 Å². The number of carbonyl (C=O) groups is 1. The minimum Gasteiger partial charge on any atom is -0.345 e. The Labute approximate surface area is 171 Å². The minimum absolute atomic E-state index is 0.00679. The van der Waals surface area contributed by atoms with Crippen LogP contribution in [0.25, 0.3) is 22.2 Å². The van der Waals surface area contributed by atoms with Gasteiger partial charge in [-0.3, -0.25) is 14.2 Å². The zero-order valence-electron chi connectivity index (χ0n) is 15.2. The average Bonchev–Trinajstić information content (AvgIpc) is 3.30. The van der Waals surface area contributed by atoms with Crippen LogP contribution in [-0.2, 0) is 17.5 Å². The standard InChI is InChI=1S/C18H14ClF4N5O2/c19-15-12(18(21,22)23)3-9(4-24-15)11-5-25-16-14(11)17(30)28(8-26-16)7-13(29)27-2-1-10(20)6-27/h3-5,8,10,25H,1-2,6-7H2. The number of likely N-dealkylation sites (tertiary alicyclic amines) is 1. The number of halogens is 5. The van der Waals surface area contributed by atoms with Crippen LogP contribution in [0.1, 0.15) is 12.0 Å². The summed E-state index contributed by atoms with van der Waals surface area (Å²) in [6.45, 7) is -0.127. The summed E-state index contributed by atoms with van der Waals surface area (Å²) >= 11 is 5.56. The first kappa shape index (κ1) is 20.3. The highest BCUT2D eigenvalue weighted by molar-refractivity contribution is 6.30. The van der Waals surface area contributed by atoms with Gasteiger partial charge in [0.25, 0.3) is 5.56 Å². The molecular weight excluding hydrogens is 430 g/mol. The molecule has 1 fully saturated rings. The Morgan fingerprint density at radius 2 is 2.10 bits per heavy atom. The molecule has 7 nitrogen and oxygen atoms in total. The van der Waals surface area contributed by atoms with E-state index in [9.17, 15) is 27.2 Å². The number of hydrogen-bond acceptors (Lipinski definition) is 4. The molecule has 3 aromatic rings. The molecule has 4 rings (SSSR count). The summed E-state index contributed by atoms with van der Waals surface area (Å²) in [6.07, 6.45) is -1.96. The number of nitrogens with one attached hydrogen (secondary N) is 1. The van der Waals surface area contributed by atoms with E-state index in [0.717, 1.165) is 23.2 Å². The fourth-order valence-corrected chi connectivity index (χ4v) is 3.59. The van der Waals surface area contributed by atoms with Gasteiger partial charge in [0.15, 0.2) is 0 Å². The van der Waals surface area contributed by atoms with Gasteiger partial charge in [0.1, 0.15) is 29.8 Å². The van der Waals surface area contributed by atoms with Gasteiger partial charge in [-0.15, -0.1) is 0 Å². The predicted molar refractivity (Wildman–Crippen MR) is 99.7 cm³/mol. The molecule has 0 radical (unpaired) electrons. The molecular formula is C18H14ClF4N5O2. The van der Waals surface area contributed by atoms with Crippen LogP contribution in [0.5, 0.6) is 0 Å². The lowest BCUT2D eigenvalue weighted by molar-refractivity contribution is -0.137. The van der Waals surface area contributed by atoms with Crippen molar-refractivity contribution < 1.29 is 22.4 Å². The first-order valence-electron chi connectivity index (χ1n) is 8.86. The molecule has 1 aliphatic rings. The fraction of sp³-hybridized carbons (Fsp3) is 0.333. The molecule has 1 amide bonds. The third-order valence-electron chi connectivity index (χ3n) is 4.90. The van der Waals surface area contributed by atoms with Crippen LogP contribution in [-0.4, -0.2) is 49.6 Å². The van der Waals surface area contributed by atoms with E-state index in [0.29, 0.717) is 0 Å². The molecule has 0 aliphatic carbocycles. The Morgan fingerprint density at radius 3 is 2.77 bits per heavy atom. The summed E-state index contributed by atoms with van der Waals surface area (Å²) < 4.78 is 53.9. The number of pyridine rings is 1. The van der Waals surface area contributed by atoms with Crippen molar-refractivity contribution in [2.45, 2.75) is 25.3 Å². The number of H-pyrrole nitrogens is 1. The summed E-state index contributed by atoms with van der Waals surface area (Å²) in [7, 11) is 0. The molecule has 1 N–H and O–H groups in total. The van der Waals surface area contributed by atoms with E-state index < -0.39 is 34.5 Å². The summed E-state index contributed by atoms with van der Waals surface area (Å²) in [5.41, 5.74) is -1.45. The molecule has 0 bridgehead atoms. The van der Waals surface area contributed by atoms with E-state index >= 15 is 0 Å². The smallest absolute Gasteiger partial charge is 0.345 e. The van der Waals surface area contributed by atoms with Gasteiger partial charge in [0.2, 0.25) is 5.91 Å². The Hall–Kier alpha value is -2.95. The fourth-order valence-electron chi connectivity index (χ4n) is 3.38. The van der Waals surface area contributed by atoms with Gasteiger partial charge in [0.05, 0.1) is 17.5 Å². The molecule has 1 unspecified atom stereocenters. The van der Waals surface area contributed by atoms with Crippen LogP contribution in [0.4, 0.5) is 17.6 Å². The van der Waals surface area contributed by atoms with Gasteiger partial charge in [-0.1, -0.05) is 11.6 Å². The Bertz CT molecular complexity index is 1190. The largest absolute Gasteiger partial charge is 0.419 e. The van der Waals surface area contributed by atoms with Crippen LogP contribution in [0.3, 0.4) is 0 Å². The molecule has 4 heterocycles. The van der Waals surface area contributed by atoms with Crippen molar-refractivity contribution >= 4 is 28.5 Å². The van der Waals surface area contributed by atoms with Crippen molar-refractivity contribution in [3.8, 4) is 11.1 Å². The van der Waals surface area contributed by atoms with Crippen LogP contribution in [0.15, 0.2) is 29.6 Å². The first-order chi connectivity index (χ1) is 14.1. The van der Waals surface area contributed by atoms with Gasteiger partial charge in [-0.2, -0.15) is 13.2 Å². The summed E-state index contributed by atoms with van der Waals surface area (Å²) in [6, 6.07) is 0.797. The van der Waals surface area contributed by atoms with Crippen molar-refractivity contribution in [3.05, 3.63) is 45.9 Å². The second-order valence-electron chi connectivity index (χ2n) is 6.89. The number of aromatic amines is 1. The second kappa shape index (κ2) is 7.38. The maximum absolute atomic E-state index is 13.3. The normalized spacial score (nSPS) is 17.1. The SMILES string of the molecule is O=C(Cn1cnc2[nH]cc(-c3cnc(Cl)c(C(F)(F)F)c3)c2c1=O)N1CCC(F)C1. The minimum atomic E-state index is -4.72. The highest BCUT2D eigenvalue weighted by Crippen LogP contribution is 2.36. The van der Waals surface area contributed by atoms with Crippen LogP contribution in [0, 0.1) is 0 Å². The maximum Gasteiger partial charge on any atom is 0.419 e. The van der Waals surface area contributed by atoms with Crippen molar-refractivity contribution in [2.24, 2.45) is 0 Å². The summed E-state index contributed by atoms with van der Waals surface area (Å²) in [5.74, 6) is -0.442. The van der Waals surface area contributed by atoms with E-state index in [1.54, 1.807) is 0 Å². The monoisotopic (exact) mass is 443 g/mol. The molecule has 0 saturated carbocycles. The van der Waals surface area contributed by atoms with Gasteiger partial charge >= 0.3 is 6.18 Å². The maximum atomic E-state index is 13.3. The van der Waals surface area contributed by atoms with Gasteiger partial charge in [-0.05, 0) is 12.5 Å². The van der Waals surface area contributed by atoms with E-state index in [-0.39, 0.29) is 48.2 Å². The number of rotatable bonds is 3. The third kappa shape index (κ3) is 3.64. The Kier molecular flexibility index (Phi) is 5.00. The Morgan fingerprint density at radius 1 is 1.33 bits per heavy atom.